The number of esters is 2. The van der Waals surface area contributed by atoms with Gasteiger partial charge in [0.05, 0.1) is 12.2 Å². The average Bonchev–Trinajstić information content (AvgIpc) is 3.11. The Balaban J connectivity index is 1.57. The van der Waals surface area contributed by atoms with Crippen LogP contribution in [0, 0.1) is 13.8 Å². The highest BCUT2D eigenvalue weighted by Crippen LogP contribution is 2.11. The number of carbonyl (C=O) groups excluding carboxylic acids is 3. The molecule has 1 amide bonds. The maximum atomic E-state index is 12.1. The zero-order chi connectivity index (χ0) is 21.0. The summed E-state index contributed by atoms with van der Waals surface area (Å²) in [5, 5.41) is 6.61. The summed E-state index contributed by atoms with van der Waals surface area (Å²) in [4.78, 5) is 44.0. The Hall–Kier alpha value is -3.82. The number of ether oxygens (including phenoxy) is 2. The molecule has 0 aliphatic heterocycles. The Bertz CT molecular complexity index is 1070. The molecule has 29 heavy (non-hydrogen) atoms. The standard InChI is InChI=1S/C19H19N5O5/c1-4-28-17(26)13-5-7-14(8-6-13)21-15(25)10-29-18(27)16-22-19-20-11(2)9-12(3)24(19)23-16/h5-9H,4,10H2,1-3H3,(H,21,25). The quantitative estimate of drug-likeness (QED) is 0.623. The first-order valence-electron chi connectivity index (χ1n) is 8.82. The molecule has 2 heterocycles. The van der Waals surface area contributed by atoms with E-state index in [9.17, 15) is 14.4 Å². The van der Waals surface area contributed by atoms with Crippen LogP contribution >= 0.6 is 0 Å². The lowest BCUT2D eigenvalue weighted by molar-refractivity contribution is -0.119. The average molecular weight is 397 g/mol. The Morgan fingerprint density at radius 3 is 2.45 bits per heavy atom. The number of hydrogen-bond donors (Lipinski definition) is 1. The van der Waals surface area contributed by atoms with Gasteiger partial charge in [-0.1, -0.05) is 0 Å². The highest BCUT2D eigenvalue weighted by Gasteiger charge is 2.18. The molecule has 0 spiro atoms. The molecule has 10 nitrogen and oxygen atoms in total. The first kappa shape index (κ1) is 19.9. The maximum Gasteiger partial charge on any atom is 0.378 e. The van der Waals surface area contributed by atoms with Gasteiger partial charge in [0.1, 0.15) is 0 Å². The van der Waals surface area contributed by atoms with Gasteiger partial charge < -0.3 is 14.8 Å². The normalized spacial score (nSPS) is 10.6. The van der Waals surface area contributed by atoms with Gasteiger partial charge in [0.25, 0.3) is 17.5 Å². The van der Waals surface area contributed by atoms with E-state index in [4.69, 9.17) is 9.47 Å². The summed E-state index contributed by atoms with van der Waals surface area (Å²) in [6.45, 7) is 5.10. The van der Waals surface area contributed by atoms with Gasteiger partial charge in [-0.3, -0.25) is 4.79 Å². The molecule has 150 valence electrons. The lowest BCUT2D eigenvalue weighted by atomic mass is 10.2. The SMILES string of the molecule is CCOC(=O)c1ccc(NC(=O)COC(=O)c2nc3nc(C)cc(C)n3n2)cc1. The zero-order valence-electron chi connectivity index (χ0n) is 16.1. The van der Waals surface area contributed by atoms with Gasteiger partial charge in [0.15, 0.2) is 6.61 Å². The molecule has 0 atom stereocenters. The number of aryl methyl sites for hydroxylation is 2. The Morgan fingerprint density at radius 1 is 1.03 bits per heavy atom. The minimum atomic E-state index is -0.833. The maximum absolute atomic E-state index is 12.1. The summed E-state index contributed by atoms with van der Waals surface area (Å²) in [5.41, 5.74) is 2.33. The molecule has 0 saturated carbocycles. The number of anilines is 1. The molecule has 0 saturated heterocycles. The summed E-state index contributed by atoms with van der Waals surface area (Å²) in [6, 6.07) is 7.95. The highest BCUT2D eigenvalue weighted by molar-refractivity contribution is 5.95. The van der Waals surface area contributed by atoms with Crippen LogP contribution in [0.15, 0.2) is 30.3 Å². The minimum Gasteiger partial charge on any atom is -0.462 e. The molecule has 1 N–H and O–H groups in total. The van der Waals surface area contributed by atoms with Crippen LogP contribution < -0.4 is 5.32 Å². The molecule has 0 fully saturated rings. The van der Waals surface area contributed by atoms with Crippen molar-refractivity contribution in [1.29, 1.82) is 0 Å². The van der Waals surface area contributed by atoms with E-state index in [0.29, 0.717) is 11.3 Å². The van der Waals surface area contributed by atoms with Crippen LogP contribution in [0.3, 0.4) is 0 Å². The van der Waals surface area contributed by atoms with E-state index in [1.54, 1.807) is 25.1 Å². The fourth-order valence-corrected chi connectivity index (χ4v) is 2.55. The van der Waals surface area contributed by atoms with Crippen molar-refractivity contribution in [3.05, 3.63) is 53.1 Å². The van der Waals surface area contributed by atoms with Crippen molar-refractivity contribution in [2.75, 3.05) is 18.5 Å². The number of rotatable bonds is 6. The van der Waals surface area contributed by atoms with Gasteiger partial charge in [-0.15, -0.1) is 5.10 Å². The van der Waals surface area contributed by atoms with E-state index in [1.165, 1.54) is 16.6 Å². The fraction of sp³-hybridized carbons (Fsp3) is 0.263. The van der Waals surface area contributed by atoms with E-state index < -0.39 is 24.5 Å². The fourth-order valence-electron chi connectivity index (χ4n) is 2.55. The molecule has 10 heteroatoms. The van der Waals surface area contributed by atoms with Crippen LogP contribution in [0.1, 0.15) is 39.3 Å². The number of nitrogens with one attached hydrogen (secondary N) is 1. The molecule has 0 aliphatic carbocycles. The lowest BCUT2D eigenvalue weighted by Crippen LogP contribution is -2.21. The summed E-state index contributed by atoms with van der Waals surface area (Å²) >= 11 is 0. The van der Waals surface area contributed by atoms with Gasteiger partial charge in [-0.25, -0.2) is 19.1 Å². The van der Waals surface area contributed by atoms with Gasteiger partial charge in [-0.05, 0) is 51.1 Å². The third-order valence-electron chi connectivity index (χ3n) is 3.82. The predicted octanol–water partition coefficient (Wildman–Crippen LogP) is 1.71. The molecule has 0 unspecified atom stereocenters. The Labute approximate surface area is 165 Å². The Kier molecular flexibility index (Phi) is 5.82. The molecule has 1 aromatic carbocycles. The number of amides is 1. The molecular weight excluding hydrogens is 378 g/mol. The van der Waals surface area contributed by atoms with Crippen molar-refractivity contribution in [3.8, 4) is 0 Å². The van der Waals surface area contributed by atoms with Crippen LogP contribution in [0.25, 0.3) is 5.78 Å². The lowest BCUT2D eigenvalue weighted by Gasteiger charge is -2.06. The summed E-state index contributed by atoms with van der Waals surface area (Å²) in [6.07, 6.45) is 0. The topological polar surface area (TPSA) is 125 Å². The molecule has 3 rings (SSSR count). The van der Waals surface area contributed by atoms with Crippen LogP contribution in [0.2, 0.25) is 0 Å². The number of fused-ring (bicyclic) bond motifs is 1. The van der Waals surface area contributed by atoms with Gasteiger partial charge in [-0.2, -0.15) is 4.98 Å². The van der Waals surface area contributed by atoms with E-state index in [1.807, 2.05) is 13.8 Å². The number of aromatic nitrogens is 4. The van der Waals surface area contributed by atoms with Crippen LogP contribution in [-0.4, -0.2) is 50.6 Å². The second-order valence-electron chi connectivity index (χ2n) is 6.11. The van der Waals surface area contributed by atoms with Crippen molar-refractivity contribution in [2.24, 2.45) is 0 Å². The second kappa shape index (κ2) is 8.46. The zero-order valence-corrected chi connectivity index (χ0v) is 16.1. The first-order chi connectivity index (χ1) is 13.9. The van der Waals surface area contributed by atoms with Crippen molar-refractivity contribution in [2.45, 2.75) is 20.8 Å². The Morgan fingerprint density at radius 2 is 1.76 bits per heavy atom. The van der Waals surface area contributed by atoms with Crippen molar-refractivity contribution < 1.29 is 23.9 Å². The van der Waals surface area contributed by atoms with Crippen LogP contribution in [0.4, 0.5) is 5.69 Å². The van der Waals surface area contributed by atoms with E-state index in [0.717, 1.165) is 11.4 Å². The second-order valence-corrected chi connectivity index (χ2v) is 6.11. The smallest absolute Gasteiger partial charge is 0.378 e. The van der Waals surface area contributed by atoms with E-state index in [2.05, 4.69) is 20.4 Å². The van der Waals surface area contributed by atoms with Crippen molar-refractivity contribution >= 4 is 29.3 Å². The van der Waals surface area contributed by atoms with E-state index >= 15 is 0 Å². The monoisotopic (exact) mass is 397 g/mol. The molecule has 0 aliphatic rings. The molecule has 2 aromatic heterocycles. The first-order valence-corrected chi connectivity index (χ1v) is 8.82. The summed E-state index contributed by atoms with van der Waals surface area (Å²) in [7, 11) is 0. The minimum absolute atomic E-state index is 0.183. The number of carbonyl (C=O) groups is 3. The number of hydrogen-bond acceptors (Lipinski definition) is 8. The number of nitrogens with zero attached hydrogens (tertiary/aromatic N) is 4. The van der Waals surface area contributed by atoms with Crippen molar-refractivity contribution in [3.63, 3.8) is 0 Å². The molecule has 3 aromatic rings. The largest absolute Gasteiger partial charge is 0.462 e. The summed E-state index contributed by atoms with van der Waals surface area (Å²) < 4.78 is 11.3. The van der Waals surface area contributed by atoms with E-state index in [-0.39, 0.29) is 18.2 Å². The van der Waals surface area contributed by atoms with Crippen molar-refractivity contribution in [1.82, 2.24) is 19.6 Å². The van der Waals surface area contributed by atoms with Gasteiger partial charge in [0.2, 0.25) is 0 Å². The molecule has 0 radical (unpaired) electrons. The third-order valence-corrected chi connectivity index (χ3v) is 3.82. The summed E-state index contributed by atoms with van der Waals surface area (Å²) in [5.74, 6) is -1.73. The molecule has 0 bridgehead atoms. The third kappa shape index (κ3) is 4.72. The highest BCUT2D eigenvalue weighted by atomic mass is 16.5. The van der Waals surface area contributed by atoms with Gasteiger partial charge in [0, 0.05) is 17.1 Å². The molecular formula is C19H19N5O5. The van der Waals surface area contributed by atoms with Crippen LogP contribution in [-0.2, 0) is 14.3 Å². The number of benzene rings is 1. The predicted molar refractivity (Wildman–Crippen MR) is 102 cm³/mol. The van der Waals surface area contributed by atoms with Gasteiger partial charge >= 0.3 is 11.9 Å². The van der Waals surface area contributed by atoms with Crippen LogP contribution in [0.5, 0.6) is 0 Å².